The number of aromatic nitrogens is 1. The fourth-order valence-corrected chi connectivity index (χ4v) is 4.52. The number of benzene rings is 4. The molecule has 0 unspecified atom stereocenters. The second kappa shape index (κ2) is 10.8. The lowest BCUT2D eigenvalue weighted by molar-refractivity contribution is -0.402. The number of aromatic amines is 1. The van der Waals surface area contributed by atoms with Crippen LogP contribution in [0.4, 0.5) is 11.6 Å². The van der Waals surface area contributed by atoms with E-state index in [0.29, 0.717) is 23.9 Å². The monoisotopic (exact) mass is 505 g/mol. The molecule has 8 heteroatoms. The summed E-state index contributed by atoms with van der Waals surface area (Å²) in [5.41, 5.74) is 5.28. The molecule has 0 spiro atoms. The summed E-state index contributed by atoms with van der Waals surface area (Å²) in [7, 11) is 0. The summed E-state index contributed by atoms with van der Waals surface area (Å²) in [6, 6.07) is 32.4. The average Bonchev–Trinajstić information content (AvgIpc) is 3.51. The fraction of sp³-hybridized carbons (Fsp3) is 0.0667. The first-order valence-corrected chi connectivity index (χ1v) is 12.0. The van der Waals surface area contributed by atoms with E-state index in [9.17, 15) is 20.2 Å². The molecule has 38 heavy (non-hydrogen) atoms. The highest BCUT2D eigenvalue weighted by Gasteiger charge is 2.23. The molecule has 2 aromatic heterocycles. The molecule has 4 aromatic carbocycles. The van der Waals surface area contributed by atoms with Gasteiger partial charge in [0.2, 0.25) is 0 Å². The maximum absolute atomic E-state index is 11.2. The summed E-state index contributed by atoms with van der Waals surface area (Å²) in [6.07, 6.45) is 2.62. The Morgan fingerprint density at radius 2 is 1.26 bits per heavy atom. The van der Waals surface area contributed by atoms with E-state index in [-0.39, 0.29) is 16.5 Å². The molecule has 0 aliphatic carbocycles. The standard InChI is InChI=1S/C18H15NO3.C12H8N2O2/c20-19(21)18-17(12-15-9-5-2-6-10-15)16(13-22-18)11-14-7-3-1-4-8-14;15-14(16)11-7-3-5-9-8-4-1-2-6-10(8)13-12(9)11/h1-10,13H,11-12H2;1-7,13H. The zero-order chi connectivity index (χ0) is 26.5. The Balaban J connectivity index is 0.000000162. The van der Waals surface area contributed by atoms with Crippen molar-refractivity contribution < 1.29 is 14.3 Å². The number of H-pyrrole nitrogens is 1. The average molecular weight is 506 g/mol. The number of non-ortho nitro benzene ring substituents is 1. The second-order valence-corrected chi connectivity index (χ2v) is 8.75. The number of para-hydroxylation sites is 2. The smallest absolute Gasteiger partial charge is 0.409 e. The van der Waals surface area contributed by atoms with Gasteiger partial charge in [-0.05, 0) is 17.2 Å². The van der Waals surface area contributed by atoms with Gasteiger partial charge in [-0.1, -0.05) is 91.0 Å². The minimum Gasteiger partial charge on any atom is -0.409 e. The van der Waals surface area contributed by atoms with E-state index in [1.165, 1.54) is 12.3 Å². The zero-order valence-electron chi connectivity index (χ0n) is 20.2. The number of nitro groups is 2. The van der Waals surface area contributed by atoms with Crippen molar-refractivity contribution in [2.24, 2.45) is 0 Å². The predicted octanol–water partition coefficient (Wildman–Crippen LogP) is 7.60. The lowest BCUT2D eigenvalue weighted by atomic mass is 9.98. The molecule has 6 rings (SSSR count). The maximum Gasteiger partial charge on any atom is 0.436 e. The van der Waals surface area contributed by atoms with Gasteiger partial charge >= 0.3 is 5.88 Å². The van der Waals surface area contributed by atoms with Crippen LogP contribution in [-0.4, -0.2) is 14.8 Å². The second-order valence-electron chi connectivity index (χ2n) is 8.75. The molecule has 0 aliphatic rings. The molecule has 0 amide bonds. The van der Waals surface area contributed by atoms with Crippen LogP contribution in [-0.2, 0) is 12.8 Å². The van der Waals surface area contributed by atoms with Gasteiger partial charge in [-0.25, -0.2) is 0 Å². The van der Waals surface area contributed by atoms with Gasteiger partial charge in [-0.2, -0.15) is 0 Å². The van der Waals surface area contributed by atoms with Gasteiger partial charge in [0, 0.05) is 40.8 Å². The largest absolute Gasteiger partial charge is 0.436 e. The topological polar surface area (TPSA) is 115 Å². The summed E-state index contributed by atoms with van der Waals surface area (Å²) in [5, 5.41) is 24.0. The highest BCUT2D eigenvalue weighted by Crippen LogP contribution is 2.31. The summed E-state index contributed by atoms with van der Waals surface area (Å²) in [6.45, 7) is 0. The first kappa shape index (κ1) is 24.5. The maximum atomic E-state index is 11.2. The van der Waals surface area contributed by atoms with Crippen molar-refractivity contribution >= 4 is 33.4 Å². The van der Waals surface area contributed by atoms with E-state index in [1.807, 2.05) is 91.0 Å². The van der Waals surface area contributed by atoms with E-state index < -0.39 is 4.92 Å². The van der Waals surface area contributed by atoms with E-state index in [2.05, 4.69) is 4.98 Å². The Morgan fingerprint density at radius 3 is 1.92 bits per heavy atom. The Hall–Kier alpha value is -5.24. The highest BCUT2D eigenvalue weighted by atomic mass is 16.6. The van der Waals surface area contributed by atoms with Gasteiger partial charge in [0.15, 0.2) is 0 Å². The third kappa shape index (κ3) is 5.15. The normalized spacial score (nSPS) is 10.7. The predicted molar refractivity (Wildman–Crippen MR) is 146 cm³/mol. The van der Waals surface area contributed by atoms with Crippen molar-refractivity contribution in [3.8, 4) is 0 Å². The van der Waals surface area contributed by atoms with Crippen molar-refractivity contribution in [3.63, 3.8) is 0 Å². The fourth-order valence-electron chi connectivity index (χ4n) is 4.52. The lowest BCUT2D eigenvalue weighted by Crippen LogP contribution is -1.98. The van der Waals surface area contributed by atoms with E-state index >= 15 is 0 Å². The van der Waals surface area contributed by atoms with Crippen molar-refractivity contribution in [1.82, 2.24) is 4.98 Å². The summed E-state index contributed by atoms with van der Waals surface area (Å²) >= 11 is 0. The minimum atomic E-state index is -0.452. The first-order valence-electron chi connectivity index (χ1n) is 12.0. The number of nitrogens with one attached hydrogen (secondary N) is 1. The van der Waals surface area contributed by atoms with Crippen LogP contribution in [0.3, 0.4) is 0 Å². The number of fused-ring (bicyclic) bond motifs is 3. The van der Waals surface area contributed by atoms with Crippen LogP contribution in [0, 0.1) is 20.2 Å². The van der Waals surface area contributed by atoms with E-state index in [1.54, 1.807) is 6.07 Å². The van der Waals surface area contributed by atoms with Crippen molar-refractivity contribution in [3.05, 3.63) is 152 Å². The van der Waals surface area contributed by atoms with Gasteiger partial charge in [-0.15, -0.1) is 0 Å². The number of hydrogen-bond acceptors (Lipinski definition) is 5. The summed E-state index contributed by atoms with van der Waals surface area (Å²) < 4.78 is 5.20. The van der Waals surface area contributed by atoms with Crippen LogP contribution in [0.25, 0.3) is 21.8 Å². The lowest BCUT2D eigenvalue weighted by Gasteiger charge is -2.03. The molecule has 0 saturated heterocycles. The molecular formula is C30H23N3O5. The third-order valence-corrected chi connectivity index (χ3v) is 6.30. The van der Waals surface area contributed by atoms with Crippen LogP contribution in [0.15, 0.2) is 114 Å². The van der Waals surface area contributed by atoms with Gasteiger partial charge in [0.05, 0.1) is 10.5 Å². The Labute approximate surface area is 217 Å². The number of rotatable bonds is 6. The molecule has 0 bridgehead atoms. The van der Waals surface area contributed by atoms with Gasteiger partial charge in [0.25, 0.3) is 5.69 Å². The molecule has 2 heterocycles. The van der Waals surface area contributed by atoms with Crippen LogP contribution in [0.5, 0.6) is 0 Å². The van der Waals surface area contributed by atoms with E-state index in [0.717, 1.165) is 33.0 Å². The molecule has 6 aromatic rings. The Kier molecular flexibility index (Phi) is 6.95. The summed E-state index contributed by atoms with van der Waals surface area (Å²) in [4.78, 5) is 24.3. The number of furan rings is 1. The first-order chi connectivity index (χ1) is 18.5. The quantitative estimate of drug-likeness (QED) is 0.185. The van der Waals surface area contributed by atoms with Gasteiger partial charge in [-0.3, -0.25) is 20.2 Å². The van der Waals surface area contributed by atoms with Gasteiger partial charge < -0.3 is 9.40 Å². The van der Waals surface area contributed by atoms with Crippen LogP contribution in [0.2, 0.25) is 0 Å². The molecular weight excluding hydrogens is 482 g/mol. The van der Waals surface area contributed by atoms with Crippen LogP contribution >= 0.6 is 0 Å². The molecule has 0 fully saturated rings. The minimum absolute atomic E-state index is 0.119. The molecule has 188 valence electrons. The number of nitro benzene ring substituents is 1. The van der Waals surface area contributed by atoms with E-state index in [4.69, 9.17) is 4.42 Å². The summed E-state index contributed by atoms with van der Waals surface area (Å²) in [5.74, 6) is -0.158. The third-order valence-electron chi connectivity index (χ3n) is 6.30. The van der Waals surface area contributed by atoms with Crippen LogP contribution in [0.1, 0.15) is 22.3 Å². The van der Waals surface area contributed by atoms with Crippen molar-refractivity contribution in [2.45, 2.75) is 12.8 Å². The van der Waals surface area contributed by atoms with Crippen molar-refractivity contribution in [1.29, 1.82) is 0 Å². The molecule has 0 saturated carbocycles. The molecule has 0 radical (unpaired) electrons. The molecule has 0 atom stereocenters. The number of hydrogen-bond donors (Lipinski definition) is 1. The van der Waals surface area contributed by atoms with Crippen LogP contribution < -0.4 is 0 Å². The molecule has 1 N–H and O–H groups in total. The zero-order valence-corrected chi connectivity index (χ0v) is 20.2. The highest BCUT2D eigenvalue weighted by molar-refractivity contribution is 6.09. The molecule has 8 nitrogen and oxygen atoms in total. The van der Waals surface area contributed by atoms with Gasteiger partial charge in [0.1, 0.15) is 16.7 Å². The van der Waals surface area contributed by atoms with Crippen molar-refractivity contribution in [2.75, 3.05) is 0 Å². The Morgan fingerprint density at radius 1 is 0.658 bits per heavy atom. The molecule has 0 aliphatic heterocycles. The SMILES string of the molecule is O=[N+]([O-])c1cccc2c1[nH]c1ccccc12.O=[N+]([O-])c1occ(Cc2ccccc2)c1Cc1ccccc1. The Bertz CT molecular complexity index is 1720. The number of nitrogens with zero attached hydrogens (tertiary/aromatic N) is 2.